The van der Waals surface area contributed by atoms with Crippen LogP contribution in [0.1, 0.15) is 33.4 Å². The summed E-state index contributed by atoms with van der Waals surface area (Å²) in [5.41, 5.74) is 7.58. The summed E-state index contributed by atoms with van der Waals surface area (Å²) in [6.07, 6.45) is 0. The number of anilines is 1. The summed E-state index contributed by atoms with van der Waals surface area (Å²) in [7, 11) is 0. The van der Waals surface area contributed by atoms with Crippen LogP contribution in [0.15, 0.2) is 72.4 Å². The molecule has 0 unspecified atom stereocenters. The fourth-order valence-corrected chi connectivity index (χ4v) is 3.84. The molecule has 4 nitrogen and oxygen atoms in total. The number of nitrogens with one attached hydrogen (secondary N) is 1. The lowest BCUT2D eigenvalue weighted by atomic mass is 9.97. The molecule has 156 valence electrons. The Bertz CT molecular complexity index is 1190. The molecule has 0 saturated heterocycles. The number of nitrogens with zero attached hydrogens (tertiary/aromatic N) is 1. The number of rotatable bonds is 5. The molecule has 0 fully saturated rings. The van der Waals surface area contributed by atoms with Crippen LogP contribution in [-0.4, -0.2) is 16.7 Å². The molecule has 0 aliphatic carbocycles. The van der Waals surface area contributed by atoms with Crippen molar-refractivity contribution in [1.82, 2.24) is 4.90 Å². The highest BCUT2D eigenvalue weighted by Gasteiger charge is 2.39. The number of carbonyl (C=O) groups excluding carboxylic acids is 2. The van der Waals surface area contributed by atoms with Crippen LogP contribution in [0.5, 0.6) is 0 Å². The third-order valence-corrected chi connectivity index (χ3v) is 5.60. The van der Waals surface area contributed by atoms with Crippen molar-refractivity contribution in [3.63, 3.8) is 0 Å². The Balaban J connectivity index is 1.76. The second kappa shape index (κ2) is 8.23. The van der Waals surface area contributed by atoms with Gasteiger partial charge in [0, 0.05) is 5.69 Å². The quantitative estimate of drug-likeness (QED) is 0.580. The van der Waals surface area contributed by atoms with Crippen molar-refractivity contribution in [2.24, 2.45) is 0 Å². The molecule has 4 rings (SSSR count). The van der Waals surface area contributed by atoms with Crippen LogP contribution in [0.25, 0.3) is 5.57 Å². The topological polar surface area (TPSA) is 49.4 Å². The van der Waals surface area contributed by atoms with Crippen LogP contribution in [0.3, 0.4) is 0 Å². The molecule has 0 bridgehead atoms. The Morgan fingerprint density at radius 2 is 1.29 bits per heavy atom. The Morgan fingerprint density at radius 3 is 1.90 bits per heavy atom. The van der Waals surface area contributed by atoms with E-state index in [-0.39, 0.29) is 18.4 Å². The molecule has 0 atom stereocenters. The van der Waals surface area contributed by atoms with Gasteiger partial charge >= 0.3 is 0 Å². The second-order valence-electron chi connectivity index (χ2n) is 8.24. The number of hydrogen-bond donors (Lipinski definition) is 1. The first-order valence-electron chi connectivity index (χ1n) is 10.4. The van der Waals surface area contributed by atoms with Crippen molar-refractivity contribution in [1.29, 1.82) is 0 Å². The third-order valence-electron chi connectivity index (χ3n) is 5.60. The Hall–Kier alpha value is -3.66. The van der Waals surface area contributed by atoms with Crippen LogP contribution in [0.4, 0.5) is 5.69 Å². The maximum atomic E-state index is 13.5. The molecule has 1 heterocycles. The van der Waals surface area contributed by atoms with Crippen LogP contribution >= 0.6 is 0 Å². The van der Waals surface area contributed by atoms with Crippen molar-refractivity contribution in [3.05, 3.63) is 106 Å². The van der Waals surface area contributed by atoms with Crippen LogP contribution in [-0.2, 0) is 16.1 Å². The van der Waals surface area contributed by atoms with Crippen molar-refractivity contribution in [2.45, 2.75) is 34.2 Å². The van der Waals surface area contributed by atoms with Gasteiger partial charge in [-0.15, -0.1) is 0 Å². The van der Waals surface area contributed by atoms with E-state index < -0.39 is 0 Å². The van der Waals surface area contributed by atoms with Gasteiger partial charge in [0.1, 0.15) is 5.70 Å². The molecule has 1 aliphatic rings. The maximum Gasteiger partial charge on any atom is 0.278 e. The molecular weight excluding hydrogens is 384 g/mol. The zero-order valence-corrected chi connectivity index (χ0v) is 18.3. The molecule has 0 saturated carbocycles. The standard InChI is InChI=1S/C27H26N2O2/c1-17-5-10-21(11-6-17)16-29-26(30)24(23-14-9-19(3)15-20(23)4)25(27(29)31)28-22-12-7-18(2)8-13-22/h5-15,28H,16H2,1-4H3. The minimum Gasteiger partial charge on any atom is -0.350 e. The second-order valence-corrected chi connectivity index (χ2v) is 8.24. The minimum atomic E-state index is -0.305. The number of imide groups is 1. The monoisotopic (exact) mass is 410 g/mol. The predicted molar refractivity (Wildman–Crippen MR) is 124 cm³/mol. The van der Waals surface area contributed by atoms with Gasteiger partial charge in [0.15, 0.2) is 0 Å². The lowest BCUT2D eigenvalue weighted by Gasteiger charge is -2.16. The first-order valence-corrected chi connectivity index (χ1v) is 10.4. The Kier molecular flexibility index (Phi) is 5.47. The molecule has 4 heteroatoms. The fourth-order valence-electron chi connectivity index (χ4n) is 3.84. The minimum absolute atomic E-state index is 0.242. The van der Waals surface area contributed by atoms with E-state index in [9.17, 15) is 9.59 Å². The highest BCUT2D eigenvalue weighted by atomic mass is 16.2. The van der Waals surface area contributed by atoms with Gasteiger partial charge in [0.2, 0.25) is 0 Å². The van der Waals surface area contributed by atoms with Gasteiger partial charge in [-0.2, -0.15) is 0 Å². The number of aryl methyl sites for hydroxylation is 4. The van der Waals surface area contributed by atoms with Gasteiger partial charge in [-0.25, -0.2) is 0 Å². The summed E-state index contributed by atoms with van der Waals surface area (Å²) >= 11 is 0. The number of amides is 2. The molecule has 3 aromatic carbocycles. The highest BCUT2D eigenvalue weighted by Crippen LogP contribution is 2.33. The van der Waals surface area contributed by atoms with Gasteiger partial charge in [0.25, 0.3) is 11.8 Å². The van der Waals surface area contributed by atoms with E-state index >= 15 is 0 Å². The van der Waals surface area contributed by atoms with Crippen molar-refractivity contribution >= 4 is 23.1 Å². The molecule has 0 radical (unpaired) electrons. The number of hydrogen-bond acceptors (Lipinski definition) is 3. The predicted octanol–water partition coefficient (Wildman–Crippen LogP) is 5.31. The first kappa shape index (κ1) is 20.6. The molecule has 0 spiro atoms. The molecular formula is C27H26N2O2. The summed E-state index contributed by atoms with van der Waals surface area (Å²) < 4.78 is 0. The number of carbonyl (C=O) groups is 2. The summed E-state index contributed by atoms with van der Waals surface area (Å²) in [5, 5.41) is 3.23. The molecule has 0 aromatic heterocycles. The van der Waals surface area contributed by atoms with Gasteiger partial charge in [-0.3, -0.25) is 14.5 Å². The van der Waals surface area contributed by atoms with Crippen molar-refractivity contribution < 1.29 is 9.59 Å². The Morgan fingerprint density at radius 1 is 0.710 bits per heavy atom. The van der Waals surface area contributed by atoms with Crippen molar-refractivity contribution in [3.8, 4) is 0 Å². The third kappa shape index (κ3) is 4.15. The molecule has 3 aromatic rings. The molecule has 31 heavy (non-hydrogen) atoms. The van der Waals surface area contributed by atoms with Gasteiger partial charge in [0.05, 0.1) is 12.1 Å². The van der Waals surface area contributed by atoms with Crippen molar-refractivity contribution in [2.75, 3.05) is 5.32 Å². The zero-order valence-electron chi connectivity index (χ0n) is 18.3. The lowest BCUT2D eigenvalue weighted by Crippen LogP contribution is -2.32. The maximum absolute atomic E-state index is 13.5. The van der Waals surface area contributed by atoms with E-state index in [4.69, 9.17) is 0 Å². The summed E-state index contributed by atoms with van der Waals surface area (Å²) in [4.78, 5) is 28.2. The summed E-state index contributed by atoms with van der Waals surface area (Å²) in [6.45, 7) is 8.25. The van der Waals surface area contributed by atoms with E-state index in [0.717, 1.165) is 39.1 Å². The molecule has 1 aliphatic heterocycles. The SMILES string of the molecule is Cc1ccc(CN2C(=O)C(Nc3ccc(C)cc3)=C(c3ccc(C)cc3C)C2=O)cc1. The smallest absolute Gasteiger partial charge is 0.278 e. The molecule has 2 amide bonds. The van der Waals surface area contributed by atoms with E-state index in [0.29, 0.717) is 11.3 Å². The normalized spacial score (nSPS) is 13.9. The highest BCUT2D eigenvalue weighted by molar-refractivity contribution is 6.36. The number of benzene rings is 3. The van der Waals surface area contributed by atoms with E-state index in [1.165, 1.54) is 4.90 Å². The average Bonchev–Trinajstić information content (AvgIpc) is 2.96. The van der Waals surface area contributed by atoms with Gasteiger partial charge in [-0.1, -0.05) is 71.3 Å². The fraction of sp³-hybridized carbons (Fsp3) is 0.185. The molecule has 1 N–H and O–H groups in total. The average molecular weight is 411 g/mol. The first-order chi connectivity index (χ1) is 14.8. The summed E-state index contributed by atoms with van der Waals surface area (Å²) in [5.74, 6) is -0.576. The van der Waals surface area contributed by atoms with Crippen LogP contribution < -0.4 is 5.32 Å². The summed E-state index contributed by atoms with van der Waals surface area (Å²) in [6, 6.07) is 21.6. The van der Waals surface area contributed by atoms with Crippen LogP contribution in [0.2, 0.25) is 0 Å². The van der Waals surface area contributed by atoms with E-state index in [2.05, 4.69) is 5.32 Å². The van der Waals surface area contributed by atoms with Gasteiger partial charge < -0.3 is 5.32 Å². The largest absolute Gasteiger partial charge is 0.350 e. The lowest BCUT2D eigenvalue weighted by molar-refractivity contribution is -0.137. The Labute approximate surface area is 183 Å². The van der Waals surface area contributed by atoms with E-state index in [1.807, 2.05) is 94.4 Å². The van der Waals surface area contributed by atoms with Gasteiger partial charge in [-0.05, 0) is 56.5 Å². The van der Waals surface area contributed by atoms with Crippen LogP contribution in [0, 0.1) is 27.7 Å². The zero-order chi connectivity index (χ0) is 22.1. The van der Waals surface area contributed by atoms with E-state index in [1.54, 1.807) is 0 Å².